The molecule has 0 bridgehead atoms. The maximum Gasteiger partial charge on any atom is 0.135 e. The topological polar surface area (TPSA) is 26.3 Å². The maximum atomic E-state index is 6.17. The molecule has 42 heavy (non-hydrogen) atoms. The molecular weight excluding hydrogens is 648 g/mol. The summed E-state index contributed by atoms with van der Waals surface area (Å²) in [6.45, 7) is 0. The lowest BCUT2D eigenvalue weighted by Crippen LogP contribution is -1.91. The first-order chi connectivity index (χ1) is 20.6. The molecule has 0 atom stereocenters. The van der Waals surface area contributed by atoms with Crippen molar-refractivity contribution in [3.63, 3.8) is 0 Å². The summed E-state index contributed by atoms with van der Waals surface area (Å²) in [5.41, 5.74) is 8.34. The van der Waals surface area contributed by atoms with E-state index < -0.39 is 0 Å². The van der Waals surface area contributed by atoms with E-state index >= 15 is 0 Å². The van der Waals surface area contributed by atoms with Crippen molar-refractivity contribution in [1.29, 1.82) is 0 Å². The van der Waals surface area contributed by atoms with Crippen LogP contribution in [0.1, 0.15) is 0 Å². The first kappa shape index (κ1) is 24.2. The van der Waals surface area contributed by atoms with Gasteiger partial charge in [0.15, 0.2) is 0 Å². The van der Waals surface area contributed by atoms with Crippen molar-refractivity contribution in [2.24, 2.45) is 0 Å². The Morgan fingerprint density at radius 2 is 0.762 bits per heavy atom. The fourth-order valence-corrected chi connectivity index (χ4v) is 7.28. The summed E-state index contributed by atoms with van der Waals surface area (Å²) >= 11 is 7.56. The molecule has 4 heteroatoms. The van der Waals surface area contributed by atoms with Crippen LogP contribution in [0.5, 0.6) is 0 Å². The van der Waals surface area contributed by atoms with Gasteiger partial charge in [0.05, 0.1) is 0 Å². The van der Waals surface area contributed by atoms with Gasteiger partial charge in [0.1, 0.15) is 22.3 Å². The number of hydrogen-bond donors (Lipinski definition) is 0. The van der Waals surface area contributed by atoms with Crippen LogP contribution < -0.4 is 0 Å². The van der Waals surface area contributed by atoms with E-state index in [4.69, 9.17) is 8.83 Å². The second kappa shape index (κ2) is 9.06. The van der Waals surface area contributed by atoms with E-state index in [0.717, 1.165) is 63.9 Å². The fraction of sp³-hybridized carbons (Fsp3) is 0. The predicted molar refractivity (Wildman–Crippen MR) is 182 cm³/mol. The van der Waals surface area contributed by atoms with E-state index in [0.29, 0.717) is 0 Å². The van der Waals surface area contributed by atoms with Crippen molar-refractivity contribution in [3.8, 4) is 22.3 Å². The van der Waals surface area contributed by atoms with Crippen LogP contribution >= 0.6 is 31.9 Å². The van der Waals surface area contributed by atoms with Gasteiger partial charge < -0.3 is 8.83 Å². The molecule has 0 aliphatic heterocycles. The van der Waals surface area contributed by atoms with Crippen molar-refractivity contribution in [2.75, 3.05) is 0 Å². The third-order valence-electron chi connectivity index (χ3n) is 8.37. The summed E-state index contributed by atoms with van der Waals surface area (Å²) in [5.74, 6) is 0. The summed E-state index contributed by atoms with van der Waals surface area (Å²) in [5, 5.41) is 9.28. The molecule has 9 rings (SSSR count). The molecule has 0 aliphatic rings. The number of benzene rings is 7. The smallest absolute Gasteiger partial charge is 0.135 e. The van der Waals surface area contributed by atoms with E-state index in [9.17, 15) is 0 Å². The van der Waals surface area contributed by atoms with Gasteiger partial charge in [0, 0.05) is 30.5 Å². The third-order valence-corrected chi connectivity index (χ3v) is 9.36. The summed E-state index contributed by atoms with van der Waals surface area (Å²) in [6.07, 6.45) is 0. The normalized spacial score (nSPS) is 12.0. The molecule has 0 fully saturated rings. The minimum atomic E-state index is 0.896. The first-order valence-electron chi connectivity index (χ1n) is 13.8. The van der Waals surface area contributed by atoms with E-state index in [1.807, 2.05) is 24.3 Å². The number of hydrogen-bond acceptors (Lipinski definition) is 2. The van der Waals surface area contributed by atoms with E-state index in [1.165, 1.54) is 32.7 Å². The number of halogens is 2. The Labute approximate surface area is 257 Å². The van der Waals surface area contributed by atoms with E-state index in [2.05, 4.69) is 129 Å². The molecule has 0 saturated carbocycles. The summed E-state index contributed by atoms with van der Waals surface area (Å²) < 4.78 is 14.4. The summed E-state index contributed by atoms with van der Waals surface area (Å²) in [7, 11) is 0. The van der Waals surface area contributed by atoms with Crippen LogP contribution in [0.4, 0.5) is 0 Å². The van der Waals surface area contributed by atoms with E-state index in [1.54, 1.807) is 0 Å². The predicted octanol–water partition coefficient (Wildman–Crippen LogP) is 12.7. The quantitative estimate of drug-likeness (QED) is 0.171. The molecule has 0 N–H and O–H groups in total. The minimum Gasteiger partial charge on any atom is -0.456 e. The summed E-state index contributed by atoms with van der Waals surface area (Å²) in [6, 6.07) is 42.9. The third kappa shape index (κ3) is 3.55. The van der Waals surface area contributed by atoms with Gasteiger partial charge in [-0.05, 0) is 104 Å². The van der Waals surface area contributed by atoms with Crippen LogP contribution in [0.2, 0.25) is 0 Å². The van der Waals surface area contributed by atoms with Crippen molar-refractivity contribution >= 4 is 97.3 Å². The van der Waals surface area contributed by atoms with Gasteiger partial charge in [0.2, 0.25) is 0 Å². The molecular formula is C38H20Br2O2. The zero-order valence-corrected chi connectivity index (χ0v) is 25.3. The molecule has 2 heterocycles. The lowest BCUT2D eigenvalue weighted by atomic mass is 9.85. The molecule has 0 saturated heterocycles. The van der Waals surface area contributed by atoms with Gasteiger partial charge in [-0.2, -0.15) is 0 Å². The second-order valence-electron chi connectivity index (χ2n) is 10.7. The van der Waals surface area contributed by atoms with Crippen molar-refractivity contribution in [1.82, 2.24) is 0 Å². The molecule has 0 aliphatic carbocycles. The Hall–Kier alpha value is -4.38. The number of fused-ring (bicyclic) bond motifs is 8. The fourth-order valence-electron chi connectivity index (χ4n) is 6.56. The summed E-state index contributed by atoms with van der Waals surface area (Å²) in [4.78, 5) is 0. The monoisotopic (exact) mass is 666 g/mol. The Morgan fingerprint density at radius 3 is 1.26 bits per heavy atom. The van der Waals surface area contributed by atoms with Gasteiger partial charge in [-0.3, -0.25) is 0 Å². The molecule has 198 valence electrons. The Morgan fingerprint density at radius 1 is 0.333 bits per heavy atom. The van der Waals surface area contributed by atoms with Crippen molar-refractivity contribution in [2.45, 2.75) is 0 Å². The van der Waals surface area contributed by atoms with Crippen molar-refractivity contribution in [3.05, 3.63) is 130 Å². The lowest BCUT2D eigenvalue weighted by Gasteiger charge is -2.18. The molecule has 0 radical (unpaired) electrons. The van der Waals surface area contributed by atoms with Crippen LogP contribution in [-0.4, -0.2) is 0 Å². The second-order valence-corrected chi connectivity index (χ2v) is 12.6. The Bertz CT molecular complexity index is 2490. The zero-order valence-electron chi connectivity index (χ0n) is 22.1. The maximum absolute atomic E-state index is 6.17. The Balaban J connectivity index is 1.41. The van der Waals surface area contributed by atoms with Gasteiger partial charge in [-0.15, -0.1) is 0 Å². The molecule has 0 spiro atoms. The Kier molecular flexibility index (Phi) is 5.23. The van der Waals surface area contributed by atoms with Gasteiger partial charge in [-0.1, -0.05) is 92.5 Å². The van der Waals surface area contributed by atoms with Crippen LogP contribution in [-0.2, 0) is 0 Å². The highest BCUT2D eigenvalue weighted by Crippen LogP contribution is 2.47. The lowest BCUT2D eigenvalue weighted by molar-refractivity contribution is 0.668. The minimum absolute atomic E-state index is 0.896. The van der Waals surface area contributed by atoms with Gasteiger partial charge >= 0.3 is 0 Å². The van der Waals surface area contributed by atoms with Crippen LogP contribution in [0.3, 0.4) is 0 Å². The average molecular weight is 668 g/mol. The van der Waals surface area contributed by atoms with Gasteiger partial charge in [-0.25, -0.2) is 0 Å². The molecule has 2 aromatic heterocycles. The molecule has 7 aromatic carbocycles. The molecule has 0 unspecified atom stereocenters. The zero-order chi connectivity index (χ0) is 27.9. The highest BCUT2D eigenvalue weighted by molar-refractivity contribution is 9.10. The van der Waals surface area contributed by atoms with Gasteiger partial charge in [0.25, 0.3) is 0 Å². The van der Waals surface area contributed by atoms with Crippen LogP contribution in [0.25, 0.3) is 87.7 Å². The SMILES string of the molecule is Brc1ccc2c(-c3ccc4oc5ccccc5c4c3)c3ccc(Br)cc3c(-c3ccc4oc5ccccc5c4c3)c2c1. The van der Waals surface area contributed by atoms with Crippen LogP contribution in [0, 0.1) is 0 Å². The highest BCUT2D eigenvalue weighted by Gasteiger charge is 2.19. The standard InChI is InChI=1S/C38H20Br2O2/c39-23-11-13-27-31(19-23)38(22-10-16-36-30(18-22)26-6-2-4-8-34(26)42-36)32-20-24(40)12-14-28(32)37(27)21-9-15-35-29(17-21)25-5-1-3-7-33(25)41-35/h1-20H. The molecule has 9 aromatic rings. The number of para-hydroxylation sites is 2. The first-order valence-corrected chi connectivity index (χ1v) is 15.4. The highest BCUT2D eigenvalue weighted by atomic mass is 79.9. The van der Waals surface area contributed by atoms with Crippen LogP contribution in [0.15, 0.2) is 139 Å². The average Bonchev–Trinajstić information content (AvgIpc) is 3.57. The number of furan rings is 2. The number of rotatable bonds is 2. The largest absolute Gasteiger partial charge is 0.456 e. The molecule has 2 nitrogen and oxygen atoms in total. The van der Waals surface area contributed by atoms with E-state index in [-0.39, 0.29) is 0 Å². The van der Waals surface area contributed by atoms with Crippen molar-refractivity contribution < 1.29 is 8.83 Å². The molecule has 0 amide bonds.